The maximum absolute atomic E-state index is 11.3. The molecule has 0 bridgehead atoms. The van der Waals surface area contributed by atoms with Crippen LogP contribution in [0.3, 0.4) is 0 Å². The highest BCUT2D eigenvalue weighted by molar-refractivity contribution is 14.0. The van der Waals surface area contributed by atoms with Gasteiger partial charge in [0.15, 0.2) is 5.96 Å². The van der Waals surface area contributed by atoms with E-state index >= 15 is 0 Å². The SMILES string of the molecule is CCS(=O)(=O)NCCCNC(=NC)NCc1ccc(OC)cc1OC.I. The summed E-state index contributed by atoms with van der Waals surface area (Å²) in [6.45, 7) is 3.15. The van der Waals surface area contributed by atoms with Crippen molar-refractivity contribution in [3.63, 3.8) is 0 Å². The first-order valence-electron chi connectivity index (χ1n) is 8.08. The summed E-state index contributed by atoms with van der Waals surface area (Å²) >= 11 is 0. The van der Waals surface area contributed by atoms with Gasteiger partial charge < -0.3 is 20.1 Å². The van der Waals surface area contributed by atoms with Crippen molar-refractivity contribution in [2.75, 3.05) is 40.1 Å². The Hall–Kier alpha value is -1.27. The standard InChI is InChI=1S/C16H28N4O4S.HI/c1-5-25(21,22)20-10-6-9-18-16(17-2)19-12-13-7-8-14(23-3)11-15(13)24-4;/h7-8,11,20H,5-6,9-10,12H2,1-4H3,(H2,17,18,19);1H. The minimum Gasteiger partial charge on any atom is -0.497 e. The number of sulfonamides is 1. The Bertz CT molecular complexity index is 668. The third-order valence-electron chi connectivity index (χ3n) is 3.51. The van der Waals surface area contributed by atoms with Crippen molar-refractivity contribution in [3.05, 3.63) is 23.8 Å². The zero-order valence-corrected chi connectivity index (χ0v) is 18.8. The van der Waals surface area contributed by atoms with Crippen molar-refractivity contribution >= 4 is 40.0 Å². The summed E-state index contributed by atoms with van der Waals surface area (Å²) in [6.07, 6.45) is 0.659. The van der Waals surface area contributed by atoms with Crippen LogP contribution in [0, 0.1) is 0 Å². The lowest BCUT2D eigenvalue weighted by Gasteiger charge is -2.14. The second-order valence-corrected chi connectivity index (χ2v) is 7.28. The molecule has 150 valence electrons. The molecule has 0 aliphatic heterocycles. The topological polar surface area (TPSA) is 101 Å². The van der Waals surface area contributed by atoms with Gasteiger partial charge in [0.2, 0.25) is 10.0 Å². The Morgan fingerprint density at radius 1 is 1.15 bits per heavy atom. The number of halogens is 1. The predicted octanol–water partition coefficient (Wildman–Crippen LogP) is 1.32. The van der Waals surface area contributed by atoms with Crippen molar-refractivity contribution in [3.8, 4) is 11.5 Å². The molecule has 0 atom stereocenters. The van der Waals surface area contributed by atoms with Crippen molar-refractivity contribution in [2.24, 2.45) is 4.99 Å². The van der Waals surface area contributed by atoms with Gasteiger partial charge in [-0.25, -0.2) is 13.1 Å². The van der Waals surface area contributed by atoms with E-state index in [1.165, 1.54) is 0 Å². The lowest BCUT2D eigenvalue weighted by molar-refractivity contribution is 0.390. The molecule has 0 unspecified atom stereocenters. The predicted molar refractivity (Wildman–Crippen MR) is 115 cm³/mol. The molecule has 0 heterocycles. The largest absolute Gasteiger partial charge is 0.497 e. The lowest BCUT2D eigenvalue weighted by Crippen LogP contribution is -2.38. The summed E-state index contributed by atoms with van der Waals surface area (Å²) < 4.78 is 35.7. The van der Waals surface area contributed by atoms with E-state index in [0.29, 0.717) is 32.0 Å². The van der Waals surface area contributed by atoms with E-state index in [2.05, 4.69) is 20.3 Å². The normalized spacial score (nSPS) is 11.5. The fraction of sp³-hybridized carbons (Fsp3) is 0.562. The Kier molecular flexibility index (Phi) is 12.3. The monoisotopic (exact) mass is 500 g/mol. The highest BCUT2D eigenvalue weighted by Gasteiger charge is 2.07. The smallest absolute Gasteiger partial charge is 0.211 e. The average Bonchev–Trinajstić information content (AvgIpc) is 2.63. The first-order valence-corrected chi connectivity index (χ1v) is 9.73. The molecule has 1 aromatic carbocycles. The molecule has 0 amide bonds. The van der Waals surface area contributed by atoms with Crippen LogP contribution in [0.4, 0.5) is 0 Å². The summed E-state index contributed by atoms with van der Waals surface area (Å²) in [6, 6.07) is 5.63. The first-order chi connectivity index (χ1) is 12.0. The fourth-order valence-electron chi connectivity index (χ4n) is 2.02. The number of methoxy groups -OCH3 is 2. The van der Waals surface area contributed by atoms with Crippen LogP contribution < -0.4 is 24.8 Å². The summed E-state index contributed by atoms with van der Waals surface area (Å²) in [7, 11) is 1.77. The molecule has 0 saturated carbocycles. The molecule has 10 heteroatoms. The van der Waals surface area contributed by atoms with E-state index in [1.807, 2.05) is 18.2 Å². The number of aliphatic imine (C=N–C) groups is 1. The second-order valence-electron chi connectivity index (χ2n) is 5.18. The number of rotatable bonds is 10. The van der Waals surface area contributed by atoms with Crippen LogP contribution in [-0.4, -0.2) is 54.5 Å². The Labute approximate surface area is 173 Å². The molecule has 26 heavy (non-hydrogen) atoms. The summed E-state index contributed by atoms with van der Waals surface area (Å²) in [4.78, 5) is 4.15. The van der Waals surface area contributed by atoms with Crippen molar-refractivity contribution < 1.29 is 17.9 Å². The zero-order chi connectivity index (χ0) is 18.7. The van der Waals surface area contributed by atoms with Gasteiger partial charge in [-0.15, -0.1) is 24.0 Å². The molecule has 1 rings (SSSR count). The van der Waals surface area contributed by atoms with E-state index in [9.17, 15) is 8.42 Å². The van der Waals surface area contributed by atoms with Gasteiger partial charge in [-0.05, 0) is 25.5 Å². The number of ether oxygens (including phenoxy) is 2. The molecule has 8 nitrogen and oxygen atoms in total. The Morgan fingerprint density at radius 3 is 2.46 bits per heavy atom. The number of benzene rings is 1. The van der Waals surface area contributed by atoms with Gasteiger partial charge in [-0.2, -0.15) is 0 Å². The highest BCUT2D eigenvalue weighted by Crippen LogP contribution is 2.24. The van der Waals surface area contributed by atoms with E-state index in [-0.39, 0.29) is 29.7 Å². The molecule has 3 N–H and O–H groups in total. The van der Waals surface area contributed by atoms with Gasteiger partial charge in [0.25, 0.3) is 0 Å². The summed E-state index contributed by atoms with van der Waals surface area (Å²) in [5.41, 5.74) is 0.974. The van der Waals surface area contributed by atoms with E-state index in [0.717, 1.165) is 17.1 Å². The average molecular weight is 500 g/mol. The quantitative estimate of drug-likeness (QED) is 0.194. The van der Waals surface area contributed by atoms with Crippen LogP contribution in [0.5, 0.6) is 11.5 Å². The fourth-order valence-corrected chi connectivity index (χ4v) is 2.68. The number of hydrogen-bond donors (Lipinski definition) is 3. The molecule has 0 fully saturated rings. The van der Waals surface area contributed by atoms with E-state index < -0.39 is 10.0 Å². The third kappa shape index (κ3) is 8.90. The van der Waals surface area contributed by atoms with Crippen LogP contribution in [0.15, 0.2) is 23.2 Å². The van der Waals surface area contributed by atoms with Crippen LogP contribution >= 0.6 is 24.0 Å². The molecule has 0 spiro atoms. The van der Waals surface area contributed by atoms with Crippen molar-refractivity contribution in [2.45, 2.75) is 19.9 Å². The molecule has 0 saturated heterocycles. The maximum atomic E-state index is 11.3. The highest BCUT2D eigenvalue weighted by atomic mass is 127. The zero-order valence-electron chi connectivity index (χ0n) is 15.7. The summed E-state index contributed by atoms with van der Waals surface area (Å²) in [5.74, 6) is 2.19. The number of nitrogens with one attached hydrogen (secondary N) is 3. The first kappa shape index (κ1) is 24.7. The number of hydrogen-bond acceptors (Lipinski definition) is 5. The Balaban J connectivity index is 0.00000625. The third-order valence-corrected chi connectivity index (χ3v) is 4.92. The number of guanidine groups is 1. The van der Waals surface area contributed by atoms with Gasteiger partial charge in [0, 0.05) is 38.3 Å². The molecule has 0 aliphatic rings. The minimum atomic E-state index is -3.13. The van der Waals surface area contributed by atoms with E-state index in [1.54, 1.807) is 28.2 Å². The van der Waals surface area contributed by atoms with Crippen molar-refractivity contribution in [1.29, 1.82) is 0 Å². The van der Waals surface area contributed by atoms with Crippen LogP contribution in [0.25, 0.3) is 0 Å². The van der Waals surface area contributed by atoms with Crippen LogP contribution in [-0.2, 0) is 16.6 Å². The molecular formula is C16H29IN4O4S. The van der Waals surface area contributed by atoms with Gasteiger partial charge in [0.05, 0.1) is 20.0 Å². The van der Waals surface area contributed by atoms with Gasteiger partial charge in [0.1, 0.15) is 11.5 Å². The molecule has 0 aliphatic carbocycles. The molecular weight excluding hydrogens is 471 g/mol. The van der Waals surface area contributed by atoms with Gasteiger partial charge >= 0.3 is 0 Å². The second kappa shape index (κ2) is 13.0. The summed E-state index contributed by atoms with van der Waals surface area (Å²) in [5, 5.41) is 6.34. The molecule has 1 aromatic rings. The molecule has 0 radical (unpaired) electrons. The van der Waals surface area contributed by atoms with Crippen molar-refractivity contribution in [1.82, 2.24) is 15.4 Å². The van der Waals surface area contributed by atoms with Crippen LogP contribution in [0.2, 0.25) is 0 Å². The van der Waals surface area contributed by atoms with Gasteiger partial charge in [-0.1, -0.05) is 0 Å². The number of nitrogens with zero attached hydrogens (tertiary/aromatic N) is 1. The lowest BCUT2D eigenvalue weighted by atomic mass is 10.2. The van der Waals surface area contributed by atoms with Gasteiger partial charge in [-0.3, -0.25) is 4.99 Å². The van der Waals surface area contributed by atoms with Crippen LogP contribution in [0.1, 0.15) is 18.9 Å². The molecule has 0 aromatic heterocycles. The maximum Gasteiger partial charge on any atom is 0.211 e. The Morgan fingerprint density at radius 2 is 1.88 bits per heavy atom. The van der Waals surface area contributed by atoms with E-state index in [4.69, 9.17) is 9.47 Å². The minimum absolute atomic E-state index is 0.